The van der Waals surface area contributed by atoms with Gasteiger partial charge in [0.1, 0.15) is 0 Å². The molecule has 0 aliphatic rings. The number of hydrogen-bond acceptors (Lipinski definition) is 1. The summed E-state index contributed by atoms with van der Waals surface area (Å²) in [4.78, 5) is 0. The molecule has 0 heterocycles. The molecule has 0 atom stereocenters. The molecule has 0 aromatic heterocycles. The quantitative estimate of drug-likeness (QED) is 0.0466. The van der Waals surface area contributed by atoms with Crippen LogP contribution in [0.3, 0.4) is 0 Å². The second-order valence-corrected chi connectivity index (χ2v) is 17.1. The standard InChI is InChI=1S/C33H68Cl2OSi/c34-37(35)33-31-29-27-25-23-21-19-17-15-13-11-9-7-5-3-1-2-4-6-8-10-12-14-16-18-20-22-24-26-28-30-32-36/h36-37H,1-33H2. The van der Waals surface area contributed by atoms with Crippen LogP contribution in [0.25, 0.3) is 0 Å². The van der Waals surface area contributed by atoms with Crippen molar-refractivity contribution >= 4 is 29.6 Å². The van der Waals surface area contributed by atoms with Crippen molar-refractivity contribution < 1.29 is 5.11 Å². The smallest absolute Gasteiger partial charge is 0.237 e. The zero-order chi connectivity index (χ0) is 26.9. The number of rotatable bonds is 33. The van der Waals surface area contributed by atoms with Crippen LogP contribution in [0.1, 0.15) is 199 Å². The summed E-state index contributed by atoms with van der Waals surface area (Å²) in [5.74, 6) is 0. The molecule has 0 aromatic rings. The maximum Gasteiger partial charge on any atom is 0.237 e. The van der Waals surface area contributed by atoms with Crippen molar-refractivity contribution in [1.82, 2.24) is 0 Å². The fourth-order valence-electron chi connectivity index (χ4n) is 5.54. The van der Waals surface area contributed by atoms with Crippen molar-refractivity contribution in [2.45, 2.75) is 205 Å². The van der Waals surface area contributed by atoms with Gasteiger partial charge in [-0.3, -0.25) is 0 Å². The maximum absolute atomic E-state index is 8.78. The van der Waals surface area contributed by atoms with Crippen LogP contribution in [0.2, 0.25) is 6.04 Å². The lowest BCUT2D eigenvalue weighted by Crippen LogP contribution is -1.91. The number of aliphatic hydroxyl groups excluding tert-OH is 1. The average molecular weight is 580 g/mol. The number of aliphatic hydroxyl groups is 1. The highest BCUT2D eigenvalue weighted by atomic mass is 35.7. The van der Waals surface area contributed by atoms with E-state index in [-0.39, 0.29) is 0 Å². The summed E-state index contributed by atoms with van der Waals surface area (Å²) in [6.07, 6.45) is 43.8. The van der Waals surface area contributed by atoms with E-state index in [2.05, 4.69) is 0 Å². The van der Waals surface area contributed by atoms with Crippen molar-refractivity contribution in [2.75, 3.05) is 6.61 Å². The SMILES string of the molecule is OCCCCCCCCCCCCCCCCCCCCCCCCCCCCCCCCC[SiH](Cl)Cl. The first-order valence-electron chi connectivity index (χ1n) is 17.2. The Morgan fingerprint density at radius 2 is 0.432 bits per heavy atom. The van der Waals surface area contributed by atoms with E-state index in [1.807, 2.05) is 0 Å². The maximum atomic E-state index is 8.78. The van der Waals surface area contributed by atoms with Crippen molar-refractivity contribution in [3.8, 4) is 0 Å². The largest absolute Gasteiger partial charge is 0.396 e. The first-order chi connectivity index (χ1) is 18.3. The normalized spacial score (nSPS) is 11.7. The van der Waals surface area contributed by atoms with Gasteiger partial charge in [0.25, 0.3) is 0 Å². The van der Waals surface area contributed by atoms with E-state index in [0.717, 1.165) is 12.5 Å². The molecule has 0 aliphatic heterocycles. The molecule has 0 aromatic carbocycles. The third-order valence-corrected chi connectivity index (χ3v) is 10.2. The highest BCUT2D eigenvalue weighted by molar-refractivity contribution is 7.33. The number of unbranched alkanes of at least 4 members (excludes halogenated alkanes) is 30. The lowest BCUT2D eigenvalue weighted by atomic mass is 10.0. The van der Waals surface area contributed by atoms with Gasteiger partial charge in [-0.05, 0) is 12.5 Å². The monoisotopic (exact) mass is 578 g/mol. The Morgan fingerprint density at radius 1 is 0.270 bits per heavy atom. The van der Waals surface area contributed by atoms with Gasteiger partial charge >= 0.3 is 0 Å². The number of hydrogen-bond donors (Lipinski definition) is 1. The molecule has 0 unspecified atom stereocenters. The van der Waals surface area contributed by atoms with Gasteiger partial charge in [0.2, 0.25) is 7.42 Å². The summed E-state index contributed by atoms with van der Waals surface area (Å²) in [5.41, 5.74) is 0. The molecular formula is C33H68Cl2OSi. The van der Waals surface area contributed by atoms with Gasteiger partial charge in [-0.2, -0.15) is 22.2 Å². The Bertz CT molecular complexity index is 395. The minimum Gasteiger partial charge on any atom is -0.396 e. The zero-order valence-corrected chi connectivity index (χ0v) is 27.8. The minimum atomic E-state index is -1.34. The molecule has 1 N–H and O–H groups in total. The molecule has 0 fully saturated rings. The second kappa shape index (κ2) is 34.8. The Hall–Kier alpha value is 0.757. The van der Waals surface area contributed by atoms with Crippen LogP contribution in [-0.4, -0.2) is 19.1 Å². The molecule has 0 radical (unpaired) electrons. The van der Waals surface area contributed by atoms with Gasteiger partial charge in [0, 0.05) is 6.61 Å². The third-order valence-electron chi connectivity index (χ3n) is 8.08. The highest BCUT2D eigenvalue weighted by Crippen LogP contribution is 2.17. The van der Waals surface area contributed by atoms with Crippen molar-refractivity contribution in [1.29, 1.82) is 0 Å². The molecule has 224 valence electrons. The summed E-state index contributed by atoms with van der Waals surface area (Å²) in [5, 5.41) is 8.78. The van der Waals surface area contributed by atoms with Crippen LogP contribution in [0.4, 0.5) is 0 Å². The Balaban J connectivity index is 3.01. The fourth-order valence-corrected chi connectivity index (χ4v) is 7.06. The Morgan fingerprint density at radius 3 is 0.595 bits per heavy atom. The van der Waals surface area contributed by atoms with Crippen molar-refractivity contribution in [3.63, 3.8) is 0 Å². The fraction of sp³-hybridized carbons (Fsp3) is 1.00. The van der Waals surface area contributed by atoms with Crippen LogP contribution in [-0.2, 0) is 0 Å². The van der Waals surface area contributed by atoms with Gasteiger partial charge in [0.05, 0.1) is 0 Å². The first-order valence-corrected chi connectivity index (χ1v) is 21.5. The van der Waals surface area contributed by atoms with Gasteiger partial charge < -0.3 is 5.11 Å². The lowest BCUT2D eigenvalue weighted by Gasteiger charge is -2.05. The Labute approximate surface area is 245 Å². The molecule has 0 saturated heterocycles. The minimum absolute atomic E-state index is 0.371. The van der Waals surface area contributed by atoms with Crippen LogP contribution in [0.5, 0.6) is 0 Å². The zero-order valence-electron chi connectivity index (χ0n) is 25.1. The molecule has 1 nitrogen and oxygen atoms in total. The molecule has 0 saturated carbocycles. The van der Waals surface area contributed by atoms with Gasteiger partial charge in [-0.15, -0.1) is 0 Å². The summed E-state index contributed by atoms with van der Waals surface area (Å²) in [7, 11) is -1.34. The van der Waals surface area contributed by atoms with Crippen LogP contribution < -0.4 is 0 Å². The predicted octanol–water partition coefficient (Wildman–Crippen LogP) is 12.8. The van der Waals surface area contributed by atoms with E-state index >= 15 is 0 Å². The third kappa shape index (κ3) is 36.8. The molecule has 4 heteroatoms. The molecule has 0 amide bonds. The van der Waals surface area contributed by atoms with E-state index in [1.54, 1.807) is 0 Å². The summed E-state index contributed by atoms with van der Waals surface area (Å²) in [6.45, 7) is 0.371. The molecule has 0 spiro atoms. The van der Waals surface area contributed by atoms with E-state index < -0.39 is 7.42 Å². The van der Waals surface area contributed by atoms with Crippen LogP contribution >= 0.6 is 22.2 Å². The lowest BCUT2D eigenvalue weighted by molar-refractivity contribution is 0.282. The number of halogens is 2. The van der Waals surface area contributed by atoms with Gasteiger partial charge in [-0.1, -0.05) is 193 Å². The van der Waals surface area contributed by atoms with Crippen molar-refractivity contribution in [3.05, 3.63) is 0 Å². The molecule has 37 heavy (non-hydrogen) atoms. The van der Waals surface area contributed by atoms with Gasteiger partial charge in [0.15, 0.2) is 0 Å². The summed E-state index contributed by atoms with van der Waals surface area (Å²) >= 11 is 11.8. The highest BCUT2D eigenvalue weighted by Gasteiger charge is 2.01. The van der Waals surface area contributed by atoms with Crippen LogP contribution in [0, 0.1) is 0 Å². The second-order valence-electron chi connectivity index (χ2n) is 11.9. The van der Waals surface area contributed by atoms with Gasteiger partial charge in [-0.25, -0.2) is 0 Å². The average Bonchev–Trinajstić information content (AvgIpc) is 2.89. The summed E-state index contributed by atoms with van der Waals surface area (Å²) < 4.78 is 0. The molecule has 0 aliphatic carbocycles. The van der Waals surface area contributed by atoms with E-state index in [1.165, 1.54) is 193 Å². The van der Waals surface area contributed by atoms with Crippen molar-refractivity contribution in [2.24, 2.45) is 0 Å². The molecular weight excluding hydrogens is 511 g/mol. The summed E-state index contributed by atoms with van der Waals surface area (Å²) in [6, 6.07) is 1.10. The molecule has 0 bridgehead atoms. The van der Waals surface area contributed by atoms with E-state index in [9.17, 15) is 0 Å². The topological polar surface area (TPSA) is 20.2 Å². The van der Waals surface area contributed by atoms with E-state index in [0.29, 0.717) is 6.61 Å². The molecule has 0 rings (SSSR count). The van der Waals surface area contributed by atoms with E-state index in [4.69, 9.17) is 27.3 Å². The first kappa shape index (κ1) is 37.8. The Kier molecular flexibility index (Phi) is 35.5. The predicted molar refractivity (Wildman–Crippen MR) is 174 cm³/mol. The van der Waals surface area contributed by atoms with Crippen LogP contribution in [0.15, 0.2) is 0 Å².